The Balaban J connectivity index is 1.38. The van der Waals surface area contributed by atoms with Crippen LogP contribution in [-0.2, 0) is 31.9 Å². The van der Waals surface area contributed by atoms with Gasteiger partial charge in [-0.05, 0) is 96.9 Å². The lowest BCUT2D eigenvalue weighted by Crippen LogP contribution is -2.32. The molecule has 3 aliphatic carbocycles. The predicted octanol–water partition coefficient (Wildman–Crippen LogP) is 6.52. The quantitative estimate of drug-likeness (QED) is 0.276. The summed E-state index contributed by atoms with van der Waals surface area (Å²) in [5.41, 5.74) is 0.175. The molecule has 3 aliphatic rings. The monoisotopic (exact) mass is 579 g/mol. The van der Waals surface area contributed by atoms with Gasteiger partial charge in [-0.2, -0.15) is 31.6 Å². The highest BCUT2D eigenvalue weighted by Crippen LogP contribution is 2.40. The molecule has 1 unspecified atom stereocenters. The van der Waals surface area contributed by atoms with Crippen LogP contribution in [0.3, 0.4) is 0 Å². The van der Waals surface area contributed by atoms with E-state index in [1.807, 2.05) is 0 Å². The lowest BCUT2D eigenvalue weighted by Gasteiger charge is -2.29. The van der Waals surface area contributed by atoms with E-state index in [-0.39, 0.29) is 30.7 Å². The van der Waals surface area contributed by atoms with Crippen LogP contribution in [0.1, 0.15) is 78.5 Å². The van der Waals surface area contributed by atoms with Gasteiger partial charge < -0.3 is 9.80 Å². The first-order valence-electron chi connectivity index (χ1n) is 14.0. The van der Waals surface area contributed by atoms with E-state index in [4.69, 9.17) is 4.98 Å². The van der Waals surface area contributed by atoms with Gasteiger partial charge in [0.15, 0.2) is 0 Å². The molecule has 0 amide bonds. The highest BCUT2D eigenvalue weighted by molar-refractivity contribution is 5.54. The second-order valence-electron chi connectivity index (χ2n) is 11.7. The number of nitrogens with zero attached hydrogens (tertiary/aromatic N) is 6. The summed E-state index contributed by atoms with van der Waals surface area (Å²) in [5.74, 6) is 2.44. The van der Waals surface area contributed by atoms with Gasteiger partial charge in [-0.15, -0.1) is 5.10 Å². The first-order chi connectivity index (χ1) is 19.4. The number of aryl methyl sites for hydroxylation is 1. The number of halogens is 6. The van der Waals surface area contributed by atoms with Crippen molar-refractivity contribution in [2.24, 2.45) is 11.8 Å². The van der Waals surface area contributed by atoms with Gasteiger partial charge in [0.1, 0.15) is 5.82 Å². The molecule has 220 valence electrons. The van der Waals surface area contributed by atoms with Gasteiger partial charge in [0.25, 0.3) is 5.95 Å². The van der Waals surface area contributed by atoms with E-state index in [2.05, 4.69) is 38.5 Å². The molecule has 2 heterocycles. The van der Waals surface area contributed by atoms with Crippen LogP contribution in [0.15, 0.2) is 24.3 Å². The van der Waals surface area contributed by atoms with E-state index in [0.29, 0.717) is 17.8 Å². The topological polar surface area (TPSA) is 73.8 Å². The highest BCUT2D eigenvalue weighted by Gasteiger charge is 2.37. The van der Waals surface area contributed by atoms with E-state index in [0.717, 1.165) is 60.7 Å². The maximum atomic E-state index is 13.6. The molecule has 0 radical (unpaired) electrons. The van der Waals surface area contributed by atoms with Gasteiger partial charge in [-0.25, -0.2) is 4.98 Å². The third-order valence-electron chi connectivity index (χ3n) is 8.15. The number of aromatic amines is 1. The maximum absolute atomic E-state index is 13.6. The van der Waals surface area contributed by atoms with Gasteiger partial charge in [0.2, 0.25) is 0 Å². The Morgan fingerprint density at radius 2 is 1.46 bits per heavy atom. The van der Waals surface area contributed by atoms with Gasteiger partial charge in [-0.3, -0.25) is 0 Å². The molecule has 41 heavy (non-hydrogen) atoms. The molecule has 1 atom stereocenters. The van der Waals surface area contributed by atoms with Crippen molar-refractivity contribution in [3.8, 4) is 0 Å². The van der Waals surface area contributed by atoms with Crippen molar-refractivity contribution in [1.29, 1.82) is 0 Å². The molecule has 1 N–H and O–H groups in total. The fraction of sp³-hybridized carbons (Fsp3) is 0.571. The fourth-order valence-corrected chi connectivity index (χ4v) is 5.63. The molecular formula is C28H31F6N7. The van der Waals surface area contributed by atoms with Crippen LogP contribution >= 0.6 is 0 Å². The van der Waals surface area contributed by atoms with Gasteiger partial charge in [-0.1, -0.05) is 12.0 Å². The second kappa shape index (κ2) is 10.5. The van der Waals surface area contributed by atoms with Crippen molar-refractivity contribution in [2.45, 2.75) is 76.8 Å². The largest absolute Gasteiger partial charge is 0.416 e. The van der Waals surface area contributed by atoms with Crippen molar-refractivity contribution < 1.29 is 26.3 Å². The molecule has 6 rings (SSSR count). The Bertz CT molecular complexity index is 1330. The predicted molar refractivity (Wildman–Crippen MR) is 139 cm³/mol. The summed E-state index contributed by atoms with van der Waals surface area (Å²) in [7, 11) is 0. The summed E-state index contributed by atoms with van der Waals surface area (Å²) in [6, 6.07) is 3.74. The van der Waals surface area contributed by atoms with Crippen LogP contribution in [0, 0.1) is 11.8 Å². The molecule has 7 nitrogen and oxygen atoms in total. The summed E-state index contributed by atoms with van der Waals surface area (Å²) in [5, 5.41) is 14.0. The third-order valence-corrected chi connectivity index (χ3v) is 8.15. The third kappa shape index (κ3) is 6.43. The number of fused-ring (bicyclic) bond motifs is 1. The van der Waals surface area contributed by atoms with E-state index < -0.39 is 23.5 Å². The summed E-state index contributed by atoms with van der Waals surface area (Å²) in [6.45, 7) is 3.78. The normalized spacial score (nSPS) is 19.0. The van der Waals surface area contributed by atoms with Gasteiger partial charge >= 0.3 is 12.4 Å². The van der Waals surface area contributed by atoms with Crippen molar-refractivity contribution in [1.82, 2.24) is 25.6 Å². The number of aromatic nitrogens is 5. The lowest BCUT2D eigenvalue weighted by molar-refractivity contribution is -0.143. The molecule has 2 saturated carbocycles. The van der Waals surface area contributed by atoms with Crippen molar-refractivity contribution in [2.75, 3.05) is 22.9 Å². The number of pyridine rings is 1. The number of H-pyrrole nitrogens is 1. The Hall–Kier alpha value is -3.38. The summed E-state index contributed by atoms with van der Waals surface area (Å²) in [6.07, 6.45) is -3.34. The minimum Gasteiger partial charge on any atom is -0.356 e. The van der Waals surface area contributed by atoms with Gasteiger partial charge in [0, 0.05) is 37.4 Å². The molecule has 3 aromatic rings. The number of rotatable bonds is 10. The molecule has 0 spiro atoms. The lowest BCUT2D eigenvalue weighted by atomic mass is 10.0. The molecular weight excluding hydrogens is 548 g/mol. The highest BCUT2D eigenvalue weighted by atomic mass is 19.4. The molecule has 2 fully saturated rings. The second-order valence-corrected chi connectivity index (χ2v) is 11.7. The van der Waals surface area contributed by atoms with Crippen LogP contribution in [-0.4, -0.2) is 38.7 Å². The zero-order valence-electron chi connectivity index (χ0n) is 22.6. The smallest absolute Gasteiger partial charge is 0.356 e. The first kappa shape index (κ1) is 27.8. The Kier molecular flexibility index (Phi) is 7.09. The first-order valence-corrected chi connectivity index (χ1v) is 14.0. The fourth-order valence-electron chi connectivity index (χ4n) is 5.63. The van der Waals surface area contributed by atoms with Crippen molar-refractivity contribution in [3.63, 3.8) is 0 Å². The number of alkyl halides is 6. The molecule has 2 aromatic heterocycles. The van der Waals surface area contributed by atoms with Crippen LogP contribution < -0.4 is 9.80 Å². The molecule has 0 bridgehead atoms. The van der Waals surface area contributed by atoms with E-state index in [1.165, 1.54) is 25.7 Å². The zero-order chi connectivity index (χ0) is 28.9. The minimum absolute atomic E-state index is 0.0757. The summed E-state index contributed by atoms with van der Waals surface area (Å²) >= 11 is 0. The van der Waals surface area contributed by atoms with Crippen LogP contribution in [0.25, 0.3) is 0 Å². The number of nitrogens with one attached hydrogen (secondary N) is 1. The van der Waals surface area contributed by atoms with Crippen molar-refractivity contribution >= 4 is 11.8 Å². The van der Waals surface area contributed by atoms with E-state index in [1.54, 1.807) is 4.90 Å². The maximum Gasteiger partial charge on any atom is 0.416 e. The molecule has 13 heteroatoms. The molecule has 0 aliphatic heterocycles. The minimum atomic E-state index is -4.94. The molecule has 0 saturated heterocycles. The number of hydrogen-bond donors (Lipinski definition) is 1. The van der Waals surface area contributed by atoms with Gasteiger partial charge in [0.05, 0.1) is 11.1 Å². The standard InChI is InChI=1S/C28H31F6N7/c1-16-2-7-20-10-21(25(35-24(16)20)40(12-17-3-4-17)13-18-5-6-18)15-41(26-36-38-39-37-26)14-19-8-22(27(29,30)31)11-23(9-19)28(32,33)34/h8-11,16-18H,2-7,12-15H2,1H3,(H,36,37,38,39). The Labute approximate surface area is 233 Å². The van der Waals surface area contributed by atoms with Crippen molar-refractivity contribution in [3.05, 3.63) is 57.8 Å². The Morgan fingerprint density at radius 3 is 2.00 bits per heavy atom. The molecule has 1 aromatic carbocycles. The van der Waals surface area contributed by atoms with E-state index in [9.17, 15) is 26.3 Å². The zero-order valence-corrected chi connectivity index (χ0v) is 22.6. The van der Waals surface area contributed by atoms with E-state index >= 15 is 0 Å². The number of hydrogen-bond acceptors (Lipinski definition) is 6. The summed E-state index contributed by atoms with van der Waals surface area (Å²) in [4.78, 5) is 9.06. The SMILES string of the molecule is CC1CCc2cc(CN(Cc3cc(C(F)(F)F)cc(C(F)(F)F)c3)c3nn[nH]n3)c(N(CC3CC3)CC3CC3)nc21. The average molecular weight is 580 g/mol. The number of benzene rings is 1. The summed E-state index contributed by atoms with van der Waals surface area (Å²) < 4.78 is 81.5. The number of tetrazole rings is 1. The van der Waals surface area contributed by atoms with Crippen LogP contribution in [0.2, 0.25) is 0 Å². The average Bonchev–Trinajstić information content (AvgIpc) is 3.82. The number of anilines is 2. The van der Waals surface area contributed by atoms with Crippen LogP contribution in [0.5, 0.6) is 0 Å². The Morgan fingerprint density at radius 1 is 0.829 bits per heavy atom. The van der Waals surface area contributed by atoms with Crippen LogP contribution in [0.4, 0.5) is 38.1 Å².